The van der Waals surface area contributed by atoms with Gasteiger partial charge in [-0.25, -0.2) is 4.79 Å². The summed E-state index contributed by atoms with van der Waals surface area (Å²) in [6.45, 7) is 3.26. The zero-order valence-corrected chi connectivity index (χ0v) is 15.7. The number of carbonyl (C=O) groups excluding carboxylic acids is 1. The highest BCUT2D eigenvalue weighted by Gasteiger charge is 2.41. The van der Waals surface area contributed by atoms with Gasteiger partial charge in [-0.1, -0.05) is 34.1 Å². The van der Waals surface area contributed by atoms with E-state index in [0.717, 1.165) is 6.07 Å². The summed E-state index contributed by atoms with van der Waals surface area (Å²) in [6, 6.07) is 6.90. The molecule has 1 aromatic carbocycles. The van der Waals surface area contributed by atoms with Gasteiger partial charge in [-0.2, -0.15) is 18.4 Å². The molecule has 26 heavy (non-hydrogen) atoms. The molecule has 4 nitrogen and oxygen atoms in total. The van der Waals surface area contributed by atoms with E-state index < -0.39 is 23.6 Å². The maximum Gasteiger partial charge on any atom is 0.416 e. The van der Waals surface area contributed by atoms with Crippen LogP contribution in [0.15, 0.2) is 46.8 Å². The summed E-state index contributed by atoms with van der Waals surface area (Å²) < 4.78 is 45.6. The summed E-state index contributed by atoms with van der Waals surface area (Å²) in [4.78, 5) is 12.5. The van der Waals surface area contributed by atoms with E-state index in [1.807, 2.05) is 6.07 Å². The minimum atomic E-state index is -4.62. The Balaban J connectivity index is 2.79. The van der Waals surface area contributed by atoms with Gasteiger partial charge in [0.05, 0.1) is 35.3 Å². The fraction of sp³-hybridized carbons (Fsp3) is 0.333. The van der Waals surface area contributed by atoms with Crippen molar-refractivity contribution >= 4 is 21.9 Å². The average molecular weight is 429 g/mol. The van der Waals surface area contributed by atoms with Gasteiger partial charge in [0.25, 0.3) is 0 Å². The Hall–Kier alpha value is -2.27. The second-order valence-corrected chi connectivity index (χ2v) is 6.10. The van der Waals surface area contributed by atoms with Crippen molar-refractivity contribution in [2.45, 2.75) is 25.9 Å². The molecule has 2 rings (SSSR count). The lowest BCUT2D eigenvalue weighted by Gasteiger charge is -2.30. The number of benzene rings is 1. The van der Waals surface area contributed by atoms with Crippen molar-refractivity contribution in [1.29, 1.82) is 5.26 Å². The second kappa shape index (κ2) is 7.96. The maximum absolute atomic E-state index is 13.5. The fourth-order valence-corrected chi connectivity index (χ4v) is 3.36. The van der Waals surface area contributed by atoms with Crippen LogP contribution in [0.5, 0.6) is 0 Å². The molecule has 138 valence electrons. The first-order valence-corrected chi connectivity index (χ1v) is 8.88. The van der Waals surface area contributed by atoms with Crippen molar-refractivity contribution < 1.29 is 22.7 Å². The van der Waals surface area contributed by atoms with Gasteiger partial charge in [0, 0.05) is 16.7 Å². The zero-order valence-electron chi connectivity index (χ0n) is 14.1. The van der Waals surface area contributed by atoms with Gasteiger partial charge in [0.2, 0.25) is 0 Å². The molecule has 1 N–H and O–H groups in total. The van der Waals surface area contributed by atoms with Crippen molar-refractivity contribution in [2.75, 3.05) is 11.9 Å². The smallest absolute Gasteiger partial charge is 0.416 e. The molecule has 1 atom stereocenters. The fourth-order valence-electron chi connectivity index (χ4n) is 2.92. The van der Waals surface area contributed by atoms with Crippen LogP contribution in [0.4, 0.5) is 13.2 Å². The first kappa shape index (κ1) is 20.0. The second-order valence-electron chi connectivity index (χ2n) is 5.54. The number of dihydropyridines is 1. The van der Waals surface area contributed by atoms with Gasteiger partial charge in [-0.3, -0.25) is 0 Å². The van der Waals surface area contributed by atoms with Gasteiger partial charge in [-0.05, 0) is 25.5 Å². The Kier molecular flexibility index (Phi) is 6.13. The molecule has 0 aromatic heterocycles. The number of alkyl halides is 4. The normalized spacial score (nSPS) is 17.7. The molecule has 1 aromatic rings. The Morgan fingerprint density at radius 2 is 2.04 bits per heavy atom. The standard InChI is InChI=1S/C18H16BrF3N2O2/c1-3-26-17(25)16-14(8-19)24-10(2)12(9-23)15(16)11-6-4-5-7-13(11)18(20,21)22/h4-7,15,24H,3,8H2,1-2H3. The number of nitriles is 1. The number of esters is 1. The summed E-state index contributed by atoms with van der Waals surface area (Å²) in [7, 11) is 0. The number of rotatable bonds is 4. The lowest BCUT2D eigenvalue weighted by atomic mass is 9.79. The molecule has 1 aliphatic heterocycles. The summed E-state index contributed by atoms with van der Waals surface area (Å²) in [6.07, 6.45) is -4.62. The molecule has 0 fully saturated rings. The Bertz CT molecular complexity index is 822. The van der Waals surface area contributed by atoms with Gasteiger partial charge >= 0.3 is 12.1 Å². The third-order valence-electron chi connectivity index (χ3n) is 3.97. The van der Waals surface area contributed by atoms with E-state index in [2.05, 4.69) is 21.2 Å². The van der Waals surface area contributed by atoms with Gasteiger partial charge < -0.3 is 10.1 Å². The van der Waals surface area contributed by atoms with Crippen molar-refractivity contribution in [3.8, 4) is 6.07 Å². The van der Waals surface area contributed by atoms with Crippen LogP contribution in [0.3, 0.4) is 0 Å². The number of hydrogen-bond donors (Lipinski definition) is 1. The predicted octanol–water partition coefficient (Wildman–Crippen LogP) is 4.40. The molecule has 1 aliphatic rings. The predicted molar refractivity (Wildman–Crippen MR) is 93.1 cm³/mol. The van der Waals surface area contributed by atoms with Crippen molar-refractivity contribution in [3.63, 3.8) is 0 Å². The van der Waals surface area contributed by atoms with Crippen molar-refractivity contribution in [2.24, 2.45) is 0 Å². The van der Waals surface area contributed by atoms with E-state index in [4.69, 9.17) is 4.74 Å². The van der Waals surface area contributed by atoms with Crippen LogP contribution in [0.25, 0.3) is 0 Å². The number of hydrogen-bond acceptors (Lipinski definition) is 4. The topological polar surface area (TPSA) is 62.1 Å². The van der Waals surface area contributed by atoms with E-state index >= 15 is 0 Å². The summed E-state index contributed by atoms with van der Waals surface area (Å²) in [5.41, 5.74) is -0.210. The highest BCUT2D eigenvalue weighted by molar-refractivity contribution is 9.09. The number of carbonyl (C=O) groups is 1. The molecular formula is C18H16BrF3N2O2. The molecule has 0 bridgehead atoms. The van der Waals surface area contributed by atoms with Crippen LogP contribution >= 0.6 is 15.9 Å². The summed E-state index contributed by atoms with van der Waals surface area (Å²) >= 11 is 3.24. The quantitative estimate of drug-likeness (QED) is 0.570. The molecule has 1 unspecified atom stereocenters. The molecule has 0 saturated heterocycles. The first-order valence-electron chi connectivity index (χ1n) is 7.76. The van der Waals surface area contributed by atoms with E-state index in [1.54, 1.807) is 13.8 Å². The van der Waals surface area contributed by atoms with Crippen molar-refractivity contribution in [1.82, 2.24) is 5.32 Å². The van der Waals surface area contributed by atoms with Crippen LogP contribution in [-0.2, 0) is 15.7 Å². The van der Waals surface area contributed by atoms with Gasteiger partial charge in [0.1, 0.15) is 0 Å². The third-order valence-corrected chi connectivity index (χ3v) is 4.53. The number of ether oxygens (including phenoxy) is 1. The van der Waals surface area contributed by atoms with E-state index in [-0.39, 0.29) is 28.6 Å². The van der Waals surface area contributed by atoms with E-state index in [1.165, 1.54) is 18.2 Å². The molecular weight excluding hydrogens is 413 g/mol. The van der Waals surface area contributed by atoms with Gasteiger partial charge in [-0.15, -0.1) is 0 Å². The Labute approximate surface area is 157 Å². The minimum absolute atomic E-state index is 0.00238. The number of nitrogens with zero attached hydrogens (tertiary/aromatic N) is 1. The SMILES string of the molecule is CCOC(=O)C1=C(CBr)NC(C)=C(C#N)C1c1ccccc1C(F)(F)F. The molecule has 0 aliphatic carbocycles. The molecule has 0 amide bonds. The Morgan fingerprint density at radius 3 is 2.58 bits per heavy atom. The molecule has 1 heterocycles. The minimum Gasteiger partial charge on any atom is -0.463 e. The lowest BCUT2D eigenvalue weighted by Crippen LogP contribution is -2.31. The monoisotopic (exact) mass is 428 g/mol. The summed E-state index contributed by atoms with van der Waals surface area (Å²) in [5, 5.41) is 12.7. The van der Waals surface area contributed by atoms with Gasteiger partial charge in [0.15, 0.2) is 0 Å². The number of allylic oxidation sites excluding steroid dienone is 3. The van der Waals surface area contributed by atoms with E-state index in [0.29, 0.717) is 11.4 Å². The van der Waals surface area contributed by atoms with Crippen LogP contribution in [0.1, 0.15) is 30.9 Å². The zero-order chi connectivity index (χ0) is 19.5. The third kappa shape index (κ3) is 3.78. The maximum atomic E-state index is 13.5. The highest BCUT2D eigenvalue weighted by Crippen LogP contribution is 2.43. The Morgan fingerprint density at radius 1 is 1.38 bits per heavy atom. The van der Waals surface area contributed by atoms with Crippen molar-refractivity contribution in [3.05, 3.63) is 57.9 Å². The van der Waals surface area contributed by atoms with Crippen LogP contribution in [0, 0.1) is 11.3 Å². The number of nitrogens with one attached hydrogen (secondary N) is 1. The van der Waals surface area contributed by atoms with Crippen LogP contribution < -0.4 is 5.32 Å². The molecule has 0 saturated carbocycles. The van der Waals surface area contributed by atoms with E-state index in [9.17, 15) is 23.2 Å². The number of halogens is 4. The lowest BCUT2D eigenvalue weighted by molar-refractivity contribution is -0.140. The molecule has 8 heteroatoms. The largest absolute Gasteiger partial charge is 0.463 e. The average Bonchev–Trinajstić information content (AvgIpc) is 2.60. The highest BCUT2D eigenvalue weighted by atomic mass is 79.9. The van der Waals surface area contributed by atoms with Crippen LogP contribution in [-0.4, -0.2) is 17.9 Å². The first-order chi connectivity index (χ1) is 12.3. The van der Waals surface area contributed by atoms with Crippen LogP contribution in [0.2, 0.25) is 0 Å². The molecule has 0 radical (unpaired) electrons. The summed E-state index contributed by atoms with van der Waals surface area (Å²) in [5.74, 6) is -1.91. The molecule has 0 spiro atoms.